The zero-order valence-electron chi connectivity index (χ0n) is 23.8. The normalized spacial score (nSPS) is 16.7. The fraction of sp³-hybridized carbons (Fsp3) is 0.448. The molecule has 0 radical (unpaired) electrons. The van der Waals surface area contributed by atoms with Crippen LogP contribution in [-0.2, 0) is 27.9 Å². The Kier molecular flexibility index (Phi) is 9.21. The molecule has 1 aliphatic carbocycles. The predicted octanol–water partition coefficient (Wildman–Crippen LogP) is 4.95. The number of nitro groups is 1. The minimum Gasteiger partial charge on any atom is -0.489 e. The van der Waals surface area contributed by atoms with Crippen LogP contribution >= 0.6 is 0 Å². The Balaban J connectivity index is 1.49. The fourth-order valence-corrected chi connectivity index (χ4v) is 4.82. The summed E-state index contributed by atoms with van der Waals surface area (Å²) in [6.07, 6.45) is 2.83. The van der Waals surface area contributed by atoms with Crippen LogP contribution in [0.3, 0.4) is 0 Å². The molecule has 2 heterocycles. The topological polar surface area (TPSA) is 145 Å². The lowest BCUT2D eigenvalue weighted by molar-refractivity contribution is -0.384. The maximum Gasteiger partial charge on any atom is 0.338 e. The van der Waals surface area contributed by atoms with Gasteiger partial charge in [-0.25, -0.2) is 9.78 Å². The highest BCUT2D eigenvalue weighted by Crippen LogP contribution is 2.35. The van der Waals surface area contributed by atoms with Crippen molar-refractivity contribution < 1.29 is 33.5 Å². The number of esters is 2. The summed E-state index contributed by atoms with van der Waals surface area (Å²) in [5.41, 5.74) is 2.39. The van der Waals surface area contributed by atoms with Crippen molar-refractivity contribution in [1.29, 1.82) is 0 Å². The number of aryl methyl sites for hydroxylation is 2. The van der Waals surface area contributed by atoms with Crippen LogP contribution in [0.15, 0.2) is 36.4 Å². The van der Waals surface area contributed by atoms with Crippen molar-refractivity contribution in [2.45, 2.75) is 65.3 Å². The molecular weight excluding hydrogens is 532 g/mol. The molecule has 1 aromatic carbocycles. The van der Waals surface area contributed by atoms with Gasteiger partial charge in [-0.2, -0.15) is 0 Å². The second kappa shape index (κ2) is 12.8. The van der Waals surface area contributed by atoms with Gasteiger partial charge >= 0.3 is 11.9 Å². The average Bonchev–Trinajstić information content (AvgIpc) is 3.27. The van der Waals surface area contributed by atoms with Gasteiger partial charge in [-0.05, 0) is 70.7 Å². The molecule has 0 unspecified atom stereocenters. The predicted molar refractivity (Wildman–Crippen MR) is 148 cm³/mol. The van der Waals surface area contributed by atoms with Crippen molar-refractivity contribution in [3.63, 3.8) is 0 Å². The summed E-state index contributed by atoms with van der Waals surface area (Å²) in [7, 11) is 3.20. The Bertz CT molecular complexity index is 1420. The third-order valence-corrected chi connectivity index (χ3v) is 6.88. The second-order valence-electron chi connectivity index (χ2n) is 10.2. The minimum absolute atomic E-state index is 0.119. The van der Waals surface area contributed by atoms with Gasteiger partial charge in [-0.15, -0.1) is 5.10 Å². The molecule has 4 rings (SSSR count). The maximum atomic E-state index is 12.6. The lowest BCUT2D eigenvalue weighted by Gasteiger charge is -2.29. The lowest BCUT2D eigenvalue weighted by atomic mass is 9.87. The van der Waals surface area contributed by atoms with E-state index in [2.05, 4.69) is 5.10 Å². The van der Waals surface area contributed by atoms with Gasteiger partial charge in [0.1, 0.15) is 12.4 Å². The van der Waals surface area contributed by atoms with Crippen molar-refractivity contribution in [3.8, 4) is 22.9 Å². The van der Waals surface area contributed by atoms with Gasteiger partial charge in [-0.3, -0.25) is 19.6 Å². The number of benzene rings is 1. The molecule has 1 fully saturated rings. The first-order valence-corrected chi connectivity index (χ1v) is 13.4. The molecule has 41 heavy (non-hydrogen) atoms. The molecule has 1 aliphatic rings. The first-order valence-electron chi connectivity index (χ1n) is 13.4. The first-order chi connectivity index (χ1) is 19.6. The standard InChI is InChI=1S/C29H34N4O8/c1-17(2)40-29(35)20-7-6-8-22(15-20)41-25-14-13-23(30-18(25)3)26-24(32(4)31-27(26)38-5)16-39-28(34)19-9-11-21(12-10-19)33(36)37/h9-14,17,20,22H,6-8,15-16H2,1-5H3/t20-,22-/m0/s1. The Labute approximate surface area is 237 Å². The highest BCUT2D eigenvalue weighted by molar-refractivity contribution is 5.89. The molecule has 0 bridgehead atoms. The maximum absolute atomic E-state index is 12.6. The van der Waals surface area contributed by atoms with Crippen LogP contribution in [0.2, 0.25) is 0 Å². The van der Waals surface area contributed by atoms with Crippen LogP contribution in [-0.4, -0.2) is 50.9 Å². The SMILES string of the molecule is COc1nn(C)c(COC(=O)c2ccc([N+](=O)[O-])cc2)c1-c1ccc(O[C@H]2CCC[C@H](C(=O)OC(C)C)C2)c(C)n1. The molecule has 218 valence electrons. The van der Waals surface area contributed by atoms with E-state index in [0.717, 1.165) is 19.3 Å². The quantitative estimate of drug-likeness (QED) is 0.188. The number of carbonyl (C=O) groups excluding carboxylic acids is 2. The number of carbonyl (C=O) groups is 2. The van der Waals surface area contributed by atoms with E-state index in [1.165, 1.54) is 31.4 Å². The molecule has 0 amide bonds. The smallest absolute Gasteiger partial charge is 0.338 e. The van der Waals surface area contributed by atoms with Crippen molar-refractivity contribution in [3.05, 3.63) is 63.5 Å². The summed E-state index contributed by atoms with van der Waals surface area (Å²) >= 11 is 0. The summed E-state index contributed by atoms with van der Waals surface area (Å²) < 4.78 is 24.2. The Morgan fingerprint density at radius 2 is 1.88 bits per heavy atom. The minimum atomic E-state index is -0.637. The van der Waals surface area contributed by atoms with E-state index < -0.39 is 10.9 Å². The van der Waals surface area contributed by atoms with Crippen LogP contribution < -0.4 is 9.47 Å². The molecule has 0 spiro atoms. The zero-order valence-corrected chi connectivity index (χ0v) is 23.8. The Morgan fingerprint density at radius 1 is 1.15 bits per heavy atom. The molecule has 0 aliphatic heterocycles. The first kappa shape index (κ1) is 29.5. The van der Waals surface area contributed by atoms with Gasteiger partial charge in [0.15, 0.2) is 0 Å². The molecule has 3 aromatic rings. The van der Waals surface area contributed by atoms with Crippen molar-refractivity contribution in [1.82, 2.24) is 14.8 Å². The third-order valence-electron chi connectivity index (χ3n) is 6.88. The van der Waals surface area contributed by atoms with E-state index in [0.29, 0.717) is 40.7 Å². The second-order valence-corrected chi connectivity index (χ2v) is 10.2. The zero-order chi connectivity index (χ0) is 29.7. The van der Waals surface area contributed by atoms with E-state index in [4.69, 9.17) is 23.9 Å². The summed E-state index contributed by atoms with van der Waals surface area (Å²) in [6.45, 7) is 5.39. The summed E-state index contributed by atoms with van der Waals surface area (Å²) in [5, 5.41) is 15.3. The lowest BCUT2D eigenvalue weighted by Crippen LogP contribution is -2.31. The van der Waals surface area contributed by atoms with Crippen LogP contribution in [0, 0.1) is 23.0 Å². The summed E-state index contributed by atoms with van der Waals surface area (Å²) in [4.78, 5) is 40.1. The van der Waals surface area contributed by atoms with E-state index >= 15 is 0 Å². The largest absolute Gasteiger partial charge is 0.489 e. The van der Waals surface area contributed by atoms with Gasteiger partial charge in [0.2, 0.25) is 5.88 Å². The van der Waals surface area contributed by atoms with E-state index in [9.17, 15) is 19.7 Å². The number of non-ortho nitro benzene ring substituents is 1. The van der Waals surface area contributed by atoms with Crippen LogP contribution in [0.25, 0.3) is 11.3 Å². The van der Waals surface area contributed by atoms with Gasteiger partial charge in [0, 0.05) is 19.2 Å². The molecule has 2 atom stereocenters. The number of nitro benzene ring substituents is 1. The van der Waals surface area contributed by atoms with E-state index in [1.54, 1.807) is 17.8 Å². The number of nitrogens with zero attached hydrogens (tertiary/aromatic N) is 4. The summed E-state index contributed by atoms with van der Waals surface area (Å²) in [6, 6.07) is 8.80. The number of ether oxygens (including phenoxy) is 4. The van der Waals surface area contributed by atoms with Gasteiger partial charge in [-0.1, -0.05) is 0 Å². The average molecular weight is 567 g/mol. The molecule has 12 heteroatoms. The number of aromatic nitrogens is 3. The Morgan fingerprint density at radius 3 is 2.51 bits per heavy atom. The van der Waals surface area contributed by atoms with Gasteiger partial charge < -0.3 is 18.9 Å². The van der Waals surface area contributed by atoms with Crippen molar-refractivity contribution in [2.75, 3.05) is 7.11 Å². The van der Waals surface area contributed by atoms with Crippen molar-refractivity contribution in [2.24, 2.45) is 13.0 Å². The van der Waals surface area contributed by atoms with Crippen LogP contribution in [0.1, 0.15) is 61.3 Å². The molecule has 2 aromatic heterocycles. The number of pyridine rings is 1. The number of rotatable bonds is 10. The molecular formula is C29H34N4O8. The molecule has 12 nitrogen and oxygen atoms in total. The van der Waals surface area contributed by atoms with Gasteiger partial charge in [0.25, 0.3) is 5.69 Å². The number of methoxy groups -OCH3 is 1. The fourth-order valence-electron chi connectivity index (χ4n) is 4.82. The van der Waals surface area contributed by atoms with E-state index in [-0.39, 0.29) is 42.0 Å². The van der Waals surface area contributed by atoms with Crippen LogP contribution in [0.5, 0.6) is 11.6 Å². The number of hydrogen-bond donors (Lipinski definition) is 0. The van der Waals surface area contributed by atoms with Gasteiger partial charge in [0.05, 0.1) is 58.4 Å². The van der Waals surface area contributed by atoms with E-state index in [1.807, 2.05) is 26.8 Å². The highest BCUT2D eigenvalue weighted by atomic mass is 16.6. The Hall–Kier alpha value is -4.48. The molecule has 0 N–H and O–H groups in total. The van der Waals surface area contributed by atoms with Crippen molar-refractivity contribution >= 4 is 17.6 Å². The van der Waals surface area contributed by atoms with Crippen LogP contribution in [0.4, 0.5) is 5.69 Å². The molecule has 0 saturated heterocycles. The molecule has 1 saturated carbocycles. The number of hydrogen-bond acceptors (Lipinski definition) is 10. The monoisotopic (exact) mass is 566 g/mol. The summed E-state index contributed by atoms with van der Waals surface area (Å²) in [5.74, 6) is -0.0653. The third kappa shape index (κ3) is 7.00. The highest BCUT2D eigenvalue weighted by Gasteiger charge is 2.30.